The molecule has 1 rings (SSSR count). The molecule has 86 valence electrons. The summed E-state index contributed by atoms with van der Waals surface area (Å²) >= 11 is 0. The summed E-state index contributed by atoms with van der Waals surface area (Å²) in [5.41, 5.74) is 0.179. The predicted octanol–water partition coefficient (Wildman–Crippen LogP) is 3.37. The first-order chi connectivity index (χ1) is 7.10. The maximum atomic E-state index is 10.3. The molecule has 0 saturated heterocycles. The molecule has 0 aromatic rings. The first kappa shape index (κ1) is 12.6. The monoisotopic (exact) mass is 208 g/mol. The van der Waals surface area contributed by atoms with Crippen molar-refractivity contribution in [3.63, 3.8) is 0 Å². The molecule has 1 N–H and O–H groups in total. The number of aliphatic hydroxyl groups excluding tert-OH is 1. The molecular formula is C14H24O. The first-order valence-corrected chi connectivity index (χ1v) is 6.18. The van der Waals surface area contributed by atoms with E-state index >= 15 is 0 Å². The van der Waals surface area contributed by atoms with E-state index in [1.54, 1.807) is 0 Å². The van der Waals surface area contributed by atoms with Crippen LogP contribution >= 0.6 is 0 Å². The van der Waals surface area contributed by atoms with Gasteiger partial charge in [-0.3, -0.25) is 0 Å². The normalized spacial score (nSPS) is 21.1. The Hall–Kier alpha value is -0.480. The molecule has 1 aliphatic rings. The van der Waals surface area contributed by atoms with Crippen molar-refractivity contribution in [3.05, 3.63) is 0 Å². The molecular weight excluding hydrogens is 184 g/mol. The quantitative estimate of drug-likeness (QED) is 0.702. The molecule has 0 aromatic carbocycles. The molecule has 0 spiro atoms. The SMILES string of the molecule is CC#CCC(O)C1(CC(C)C)CCCC1. The van der Waals surface area contributed by atoms with Crippen LogP contribution < -0.4 is 0 Å². The smallest absolute Gasteiger partial charge is 0.0705 e. The standard InChI is InChI=1S/C14H24O/c1-4-5-8-13(15)14(11-12(2)3)9-6-7-10-14/h12-13,15H,6-11H2,1-3H3. The fraction of sp³-hybridized carbons (Fsp3) is 0.857. The summed E-state index contributed by atoms with van der Waals surface area (Å²) in [4.78, 5) is 0. The van der Waals surface area contributed by atoms with E-state index in [0.29, 0.717) is 12.3 Å². The molecule has 1 heteroatoms. The molecule has 0 radical (unpaired) electrons. The van der Waals surface area contributed by atoms with Gasteiger partial charge >= 0.3 is 0 Å². The van der Waals surface area contributed by atoms with Gasteiger partial charge in [0.05, 0.1) is 6.10 Å². The van der Waals surface area contributed by atoms with Gasteiger partial charge < -0.3 is 5.11 Å². The summed E-state index contributed by atoms with van der Waals surface area (Å²) in [5, 5.41) is 10.3. The van der Waals surface area contributed by atoms with Crippen molar-refractivity contribution in [2.24, 2.45) is 11.3 Å². The minimum absolute atomic E-state index is 0.179. The topological polar surface area (TPSA) is 20.2 Å². The van der Waals surface area contributed by atoms with Crippen LogP contribution in [0, 0.1) is 23.2 Å². The fourth-order valence-corrected chi connectivity index (χ4v) is 2.98. The molecule has 1 fully saturated rings. The fourth-order valence-electron chi connectivity index (χ4n) is 2.98. The van der Waals surface area contributed by atoms with Crippen molar-refractivity contribution >= 4 is 0 Å². The Morgan fingerprint density at radius 3 is 2.33 bits per heavy atom. The van der Waals surface area contributed by atoms with Gasteiger partial charge in [0.25, 0.3) is 0 Å². The largest absolute Gasteiger partial charge is 0.392 e. The highest BCUT2D eigenvalue weighted by atomic mass is 16.3. The van der Waals surface area contributed by atoms with Gasteiger partial charge in [-0.15, -0.1) is 11.8 Å². The Bertz CT molecular complexity index is 238. The van der Waals surface area contributed by atoms with Crippen LogP contribution in [0.1, 0.15) is 59.3 Å². The van der Waals surface area contributed by atoms with E-state index in [-0.39, 0.29) is 11.5 Å². The highest BCUT2D eigenvalue weighted by molar-refractivity contribution is 5.02. The van der Waals surface area contributed by atoms with Crippen LogP contribution in [0.15, 0.2) is 0 Å². The Balaban J connectivity index is 2.65. The summed E-state index contributed by atoms with van der Waals surface area (Å²) in [6.45, 7) is 6.34. The van der Waals surface area contributed by atoms with Crippen LogP contribution in [0.3, 0.4) is 0 Å². The maximum absolute atomic E-state index is 10.3. The zero-order chi connectivity index (χ0) is 11.3. The minimum atomic E-state index is -0.213. The third-order valence-corrected chi connectivity index (χ3v) is 3.59. The lowest BCUT2D eigenvalue weighted by molar-refractivity contribution is 0.0167. The molecule has 1 saturated carbocycles. The van der Waals surface area contributed by atoms with Gasteiger partial charge in [0.2, 0.25) is 0 Å². The lowest BCUT2D eigenvalue weighted by Crippen LogP contribution is -2.33. The van der Waals surface area contributed by atoms with E-state index < -0.39 is 0 Å². The first-order valence-electron chi connectivity index (χ1n) is 6.18. The zero-order valence-electron chi connectivity index (χ0n) is 10.3. The van der Waals surface area contributed by atoms with Crippen molar-refractivity contribution < 1.29 is 5.11 Å². The Labute approximate surface area is 94.3 Å². The molecule has 15 heavy (non-hydrogen) atoms. The van der Waals surface area contributed by atoms with Gasteiger partial charge in [0.15, 0.2) is 0 Å². The molecule has 0 heterocycles. The lowest BCUT2D eigenvalue weighted by Gasteiger charge is -2.35. The van der Waals surface area contributed by atoms with Gasteiger partial charge in [-0.2, -0.15) is 0 Å². The van der Waals surface area contributed by atoms with Gasteiger partial charge in [0, 0.05) is 6.42 Å². The average molecular weight is 208 g/mol. The minimum Gasteiger partial charge on any atom is -0.392 e. The molecule has 0 aromatic heterocycles. The van der Waals surface area contributed by atoms with Gasteiger partial charge in [-0.05, 0) is 37.5 Å². The van der Waals surface area contributed by atoms with Crippen LogP contribution in [0.25, 0.3) is 0 Å². The number of rotatable bonds is 4. The van der Waals surface area contributed by atoms with Gasteiger partial charge in [-0.1, -0.05) is 26.7 Å². The van der Waals surface area contributed by atoms with Crippen LogP contribution in [0.5, 0.6) is 0 Å². The van der Waals surface area contributed by atoms with E-state index in [4.69, 9.17) is 0 Å². The summed E-state index contributed by atoms with van der Waals surface area (Å²) in [6, 6.07) is 0. The van der Waals surface area contributed by atoms with E-state index in [1.807, 2.05) is 6.92 Å². The van der Waals surface area contributed by atoms with Gasteiger partial charge in [0.1, 0.15) is 0 Å². The summed E-state index contributed by atoms with van der Waals surface area (Å²) < 4.78 is 0. The highest BCUT2D eigenvalue weighted by Crippen LogP contribution is 2.46. The summed E-state index contributed by atoms with van der Waals surface area (Å²) in [6.07, 6.45) is 6.54. The number of hydrogen-bond donors (Lipinski definition) is 1. The molecule has 1 aliphatic carbocycles. The van der Waals surface area contributed by atoms with Crippen molar-refractivity contribution in [3.8, 4) is 11.8 Å². The molecule has 1 nitrogen and oxygen atoms in total. The van der Waals surface area contributed by atoms with Crippen LogP contribution in [0.4, 0.5) is 0 Å². The molecule has 0 aliphatic heterocycles. The molecule has 0 amide bonds. The van der Waals surface area contributed by atoms with Crippen molar-refractivity contribution in [1.29, 1.82) is 0 Å². The van der Waals surface area contributed by atoms with Crippen molar-refractivity contribution in [2.45, 2.75) is 65.4 Å². The zero-order valence-corrected chi connectivity index (χ0v) is 10.3. The number of hydrogen-bond acceptors (Lipinski definition) is 1. The van der Waals surface area contributed by atoms with E-state index in [2.05, 4.69) is 25.7 Å². The number of aliphatic hydroxyl groups is 1. The lowest BCUT2D eigenvalue weighted by atomic mass is 9.73. The van der Waals surface area contributed by atoms with Gasteiger partial charge in [-0.25, -0.2) is 0 Å². The maximum Gasteiger partial charge on any atom is 0.0705 e. The second kappa shape index (κ2) is 5.56. The second-order valence-corrected chi connectivity index (χ2v) is 5.31. The van der Waals surface area contributed by atoms with Crippen molar-refractivity contribution in [2.75, 3.05) is 0 Å². The molecule has 0 bridgehead atoms. The van der Waals surface area contributed by atoms with E-state index in [1.165, 1.54) is 25.7 Å². The summed E-state index contributed by atoms with van der Waals surface area (Å²) in [7, 11) is 0. The predicted molar refractivity (Wildman–Crippen MR) is 64.4 cm³/mol. The van der Waals surface area contributed by atoms with Crippen LogP contribution in [0.2, 0.25) is 0 Å². The molecule has 1 unspecified atom stereocenters. The molecule has 1 atom stereocenters. The van der Waals surface area contributed by atoms with Crippen LogP contribution in [-0.2, 0) is 0 Å². The summed E-state index contributed by atoms with van der Waals surface area (Å²) in [5.74, 6) is 6.58. The van der Waals surface area contributed by atoms with Crippen LogP contribution in [-0.4, -0.2) is 11.2 Å². The third-order valence-electron chi connectivity index (χ3n) is 3.59. The average Bonchev–Trinajstić information content (AvgIpc) is 2.62. The highest BCUT2D eigenvalue weighted by Gasteiger charge is 2.40. The Morgan fingerprint density at radius 2 is 1.87 bits per heavy atom. The van der Waals surface area contributed by atoms with E-state index in [0.717, 1.165) is 6.42 Å². The Morgan fingerprint density at radius 1 is 1.27 bits per heavy atom. The second-order valence-electron chi connectivity index (χ2n) is 5.31. The van der Waals surface area contributed by atoms with E-state index in [9.17, 15) is 5.11 Å². The van der Waals surface area contributed by atoms with Crippen molar-refractivity contribution in [1.82, 2.24) is 0 Å². The third kappa shape index (κ3) is 3.24. The Kier molecular flexibility index (Phi) is 4.67.